The number of carbonyl (C=O) groups is 4. The molecule has 8 heteroatoms. The van der Waals surface area contributed by atoms with E-state index in [0.29, 0.717) is 4.90 Å². The number of nitrogens with zero attached hydrogens (tertiary/aromatic N) is 1. The molecule has 0 bridgehead atoms. The van der Waals surface area contributed by atoms with E-state index >= 15 is 0 Å². The molecule has 0 aliphatic rings. The quantitative estimate of drug-likeness (QED) is 0.533. The Bertz CT molecular complexity index is 402. The van der Waals surface area contributed by atoms with Gasteiger partial charge in [-0.25, -0.2) is 0 Å². The summed E-state index contributed by atoms with van der Waals surface area (Å²) in [7, 11) is 0. The van der Waals surface area contributed by atoms with Gasteiger partial charge in [0.15, 0.2) is 0 Å². The second-order valence-electron chi connectivity index (χ2n) is 3.97. The fourth-order valence-corrected chi connectivity index (χ4v) is 1.49. The first-order valence-electron chi connectivity index (χ1n) is 6.32. The molecule has 0 saturated carbocycles. The van der Waals surface area contributed by atoms with Crippen LogP contribution in [0.3, 0.4) is 0 Å². The summed E-state index contributed by atoms with van der Waals surface area (Å²) in [5, 5.41) is 8.61. The second kappa shape index (κ2) is 7.47. The zero-order valence-corrected chi connectivity index (χ0v) is 10.7. The summed E-state index contributed by atoms with van der Waals surface area (Å²) in [6.45, 7) is 0.942. The maximum atomic E-state index is 12.0. The lowest BCUT2D eigenvalue weighted by Gasteiger charge is -2.28. The van der Waals surface area contributed by atoms with Gasteiger partial charge in [-0.2, -0.15) is 0 Å². The van der Waals surface area contributed by atoms with Gasteiger partial charge in [-0.05, 0) is 12.8 Å². The monoisotopic (exact) mass is 274 g/mol. The third-order valence-electron chi connectivity index (χ3n) is 2.48. The molecular weight excluding hydrogens is 254 g/mol. The molecule has 0 rings (SSSR count). The van der Waals surface area contributed by atoms with Crippen LogP contribution in [0.2, 0.25) is 0 Å². The highest BCUT2D eigenvalue weighted by Crippen LogP contribution is 2.10. The van der Waals surface area contributed by atoms with E-state index in [4.69, 9.17) is 17.9 Å². The minimum Gasteiger partial charge on any atom is -0.481 e. The zero-order valence-electron chi connectivity index (χ0n) is 11.7. The van der Waals surface area contributed by atoms with Crippen LogP contribution in [0.25, 0.3) is 0 Å². The number of nitrogens with two attached hydrogens (primary N) is 2. The molecule has 0 heterocycles. The Labute approximate surface area is 112 Å². The lowest BCUT2D eigenvalue weighted by molar-refractivity contribution is -0.152. The molecule has 0 aliphatic heterocycles. The van der Waals surface area contributed by atoms with Crippen molar-refractivity contribution >= 4 is 23.7 Å². The SMILES string of the molecule is [2H]CCC(N)C(=O)N(C(C)=O)[C@@H](CCC(=O)O)C(N)=O. The van der Waals surface area contributed by atoms with Crippen LogP contribution in [-0.2, 0) is 19.2 Å². The Morgan fingerprint density at radius 3 is 2.32 bits per heavy atom. The molecule has 0 saturated heterocycles. The van der Waals surface area contributed by atoms with Gasteiger partial charge in [-0.1, -0.05) is 6.90 Å². The van der Waals surface area contributed by atoms with E-state index in [1.54, 1.807) is 0 Å². The molecule has 0 aromatic carbocycles. The Balaban J connectivity index is 5.17. The minimum absolute atomic E-state index is 0.0209. The number of amides is 3. The fourth-order valence-electron chi connectivity index (χ4n) is 1.49. The van der Waals surface area contributed by atoms with Crippen LogP contribution in [0, 0.1) is 0 Å². The number of carboxylic acid groups (broad SMARTS) is 1. The van der Waals surface area contributed by atoms with Gasteiger partial charge < -0.3 is 16.6 Å². The predicted octanol–water partition coefficient (Wildman–Crippen LogP) is -1.18. The molecule has 0 aromatic heterocycles. The number of imide groups is 1. The van der Waals surface area contributed by atoms with Crippen LogP contribution < -0.4 is 11.5 Å². The highest BCUT2D eigenvalue weighted by molar-refractivity contribution is 6.01. The molecule has 0 aliphatic carbocycles. The van der Waals surface area contributed by atoms with Crippen LogP contribution in [-0.4, -0.2) is 45.8 Å². The summed E-state index contributed by atoms with van der Waals surface area (Å²) in [5.74, 6) is -3.74. The zero-order chi connectivity index (χ0) is 15.9. The minimum atomic E-state index is -1.35. The number of hydrogen-bond donors (Lipinski definition) is 3. The largest absolute Gasteiger partial charge is 0.481 e. The molecule has 0 fully saturated rings. The normalized spacial score (nSPS) is 14.1. The van der Waals surface area contributed by atoms with Gasteiger partial charge in [0, 0.05) is 14.7 Å². The third kappa shape index (κ3) is 5.04. The maximum absolute atomic E-state index is 12.0. The van der Waals surface area contributed by atoms with Crippen molar-refractivity contribution in [2.75, 3.05) is 0 Å². The van der Waals surface area contributed by atoms with E-state index in [2.05, 4.69) is 0 Å². The molecule has 108 valence electrons. The van der Waals surface area contributed by atoms with Crippen molar-refractivity contribution in [3.8, 4) is 0 Å². The molecule has 3 amide bonds. The van der Waals surface area contributed by atoms with E-state index < -0.39 is 42.2 Å². The van der Waals surface area contributed by atoms with Crippen molar-refractivity contribution in [2.24, 2.45) is 11.5 Å². The lowest BCUT2D eigenvalue weighted by Crippen LogP contribution is -2.55. The highest BCUT2D eigenvalue weighted by Gasteiger charge is 2.33. The summed E-state index contributed by atoms with van der Waals surface area (Å²) < 4.78 is 7.00. The van der Waals surface area contributed by atoms with Gasteiger partial charge >= 0.3 is 5.97 Å². The average Bonchev–Trinajstić information content (AvgIpc) is 2.32. The van der Waals surface area contributed by atoms with Gasteiger partial charge in [0.1, 0.15) is 6.04 Å². The van der Waals surface area contributed by atoms with Gasteiger partial charge in [0.25, 0.3) is 0 Å². The Morgan fingerprint density at radius 1 is 1.37 bits per heavy atom. The number of primary amides is 1. The summed E-state index contributed by atoms with van der Waals surface area (Å²) in [4.78, 5) is 46.0. The molecule has 0 aromatic rings. The van der Waals surface area contributed by atoms with Crippen molar-refractivity contribution in [2.45, 2.75) is 45.2 Å². The molecular formula is C11H19N3O5. The number of hydrogen-bond acceptors (Lipinski definition) is 5. The van der Waals surface area contributed by atoms with Crippen LogP contribution in [0.15, 0.2) is 0 Å². The topological polar surface area (TPSA) is 144 Å². The molecule has 2 atom stereocenters. The molecule has 1 unspecified atom stereocenters. The predicted molar refractivity (Wildman–Crippen MR) is 65.6 cm³/mol. The summed E-state index contributed by atoms with van der Waals surface area (Å²) in [5.41, 5.74) is 10.6. The van der Waals surface area contributed by atoms with Crippen molar-refractivity contribution in [3.05, 3.63) is 0 Å². The fraction of sp³-hybridized carbons (Fsp3) is 0.636. The van der Waals surface area contributed by atoms with E-state index in [1.807, 2.05) is 0 Å². The first-order valence-corrected chi connectivity index (χ1v) is 5.61. The number of rotatable bonds is 7. The lowest BCUT2D eigenvalue weighted by atomic mass is 10.1. The summed E-state index contributed by atoms with van der Waals surface area (Å²) in [6, 6.07) is -2.46. The van der Waals surface area contributed by atoms with Crippen molar-refractivity contribution in [1.29, 1.82) is 0 Å². The molecule has 8 nitrogen and oxygen atoms in total. The highest BCUT2D eigenvalue weighted by atomic mass is 16.4. The second-order valence-corrected chi connectivity index (χ2v) is 3.97. The molecule has 0 radical (unpaired) electrons. The van der Waals surface area contributed by atoms with Crippen molar-refractivity contribution in [1.82, 2.24) is 4.90 Å². The molecule has 0 spiro atoms. The summed E-state index contributed by atoms with van der Waals surface area (Å²) >= 11 is 0. The molecule has 19 heavy (non-hydrogen) atoms. The number of carbonyl (C=O) groups excluding carboxylic acids is 3. The van der Waals surface area contributed by atoms with Gasteiger partial charge in [0.2, 0.25) is 17.7 Å². The van der Waals surface area contributed by atoms with Crippen molar-refractivity contribution in [3.63, 3.8) is 0 Å². The standard InChI is InChI=1S/C11H19N3O5/c1-3-7(12)11(19)14(6(2)15)8(10(13)18)4-5-9(16)17/h7-8H,3-5,12H2,1-2H3,(H2,13,18)(H,16,17)/t7?,8-/m0/s1/i1D. The van der Waals surface area contributed by atoms with E-state index in [-0.39, 0.29) is 19.7 Å². The molecule has 5 N–H and O–H groups in total. The van der Waals surface area contributed by atoms with E-state index in [0.717, 1.165) is 6.92 Å². The van der Waals surface area contributed by atoms with E-state index in [9.17, 15) is 19.2 Å². The summed E-state index contributed by atoms with van der Waals surface area (Å²) in [6.07, 6.45) is -0.672. The van der Waals surface area contributed by atoms with Crippen LogP contribution >= 0.6 is 0 Å². The Morgan fingerprint density at radius 2 is 1.95 bits per heavy atom. The first kappa shape index (κ1) is 15.1. The Hall–Kier alpha value is -1.96. The Kier molecular flexibility index (Phi) is 5.94. The van der Waals surface area contributed by atoms with Crippen molar-refractivity contribution < 1.29 is 25.7 Å². The van der Waals surface area contributed by atoms with Gasteiger partial charge in [-0.3, -0.25) is 24.1 Å². The average molecular weight is 274 g/mol. The van der Waals surface area contributed by atoms with Crippen LogP contribution in [0.1, 0.15) is 34.5 Å². The van der Waals surface area contributed by atoms with Crippen LogP contribution in [0.4, 0.5) is 0 Å². The number of aliphatic carboxylic acids is 1. The maximum Gasteiger partial charge on any atom is 0.303 e. The smallest absolute Gasteiger partial charge is 0.303 e. The van der Waals surface area contributed by atoms with Gasteiger partial charge in [0.05, 0.1) is 6.04 Å². The number of carboxylic acids is 1. The van der Waals surface area contributed by atoms with Crippen LogP contribution in [0.5, 0.6) is 0 Å². The third-order valence-corrected chi connectivity index (χ3v) is 2.48. The van der Waals surface area contributed by atoms with E-state index in [1.165, 1.54) is 0 Å². The van der Waals surface area contributed by atoms with Gasteiger partial charge in [-0.15, -0.1) is 0 Å². The first-order chi connectivity index (χ1) is 9.22.